The van der Waals surface area contributed by atoms with Crippen molar-refractivity contribution in [2.75, 3.05) is 12.0 Å². The molecule has 1 aromatic carbocycles. The second-order valence-corrected chi connectivity index (χ2v) is 6.20. The van der Waals surface area contributed by atoms with Gasteiger partial charge >= 0.3 is 5.97 Å². The van der Waals surface area contributed by atoms with Crippen LogP contribution in [0.1, 0.15) is 17.2 Å². The van der Waals surface area contributed by atoms with Gasteiger partial charge in [-0.3, -0.25) is 4.79 Å². The van der Waals surface area contributed by atoms with Crippen molar-refractivity contribution in [1.82, 2.24) is 0 Å². The summed E-state index contributed by atoms with van der Waals surface area (Å²) in [6.45, 7) is 0. The van der Waals surface area contributed by atoms with E-state index in [4.69, 9.17) is 10.8 Å². The summed E-state index contributed by atoms with van der Waals surface area (Å²) in [5.74, 6) is -1.01. The molecule has 94 valence electrons. The van der Waals surface area contributed by atoms with Crippen molar-refractivity contribution in [1.29, 1.82) is 0 Å². The van der Waals surface area contributed by atoms with E-state index >= 15 is 0 Å². The molecule has 0 aromatic heterocycles. The Balaban J connectivity index is 2.72. The van der Waals surface area contributed by atoms with Gasteiger partial charge in [0.15, 0.2) is 0 Å². The van der Waals surface area contributed by atoms with Crippen molar-refractivity contribution in [3.8, 4) is 0 Å². The predicted octanol–water partition coefficient (Wildman–Crippen LogP) is 0.358. The molecule has 0 spiro atoms. The zero-order chi connectivity index (χ0) is 13.1. The van der Waals surface area contributed by atoms with Crippen LogP contribution < -0.4 is 5.73 Å². The molecule has 1 aromatic rings. The summed E-state index contributed by atoms with van der Waals surface area (Å²) in [6, 6.07) is 5.57. The van der Waals surface area contributed by atoms with Gasteiger partial charge in [-0.15, -0.1) is 0 Å². The summed E-state index contributed by atoms with van der Waals surface area (Å²) in [7, 11) is -2.98. The fourth-order valence-electron chi connectivity index (χ4n) is 1.34. The number of sulfone groups is 1. The molecule has 0 aliphatic heterocycles. The summed E-state index contributed by atoms with van der Waals surface area (Å²) in [5.41, 5.74) is 6.78. The first-order valence-corrected chi connectivity index (χ1v) is 7.10. The summed E-state index contributed by atoms with van der Waals surface area (Å²) >= 11 is 0. The fourth-order valence-corrected chi connectivity index (χ4v) is 1.94. The number of carboxylic acids is 1. The molecule has 0 heterocycles. The third-order valence-corrected chi connectivity index (χ3v) is 3.31. The van der Waals surface area contributed by atoms with Gasteiger partial charge in [0.05, 0.1) is 5.75 Å². The van der Waals surface area contributed by atoms with Crippen molar-refractivity contribution in [2.45, 2.75) is 12.5 Å². The summed E-state index contributed by atoms with van der Waals surface area (Å²) in [6.07, 6.45) is 1.60. The van der Waals surface area contributed by atoms with Gasteiger partial charge in [-0.1, -0.05) is 24.3 Å². The molecule has 1 rings (SSSR count). The zero-order valence-electron chi connectivity index (χ0n) is 9.46. The lowest BCUT2D eigenvalue weighted by Gasteiger charge is -2.07. The minimum absolute atomic E-state index is 0.0807. The number of hydrogen-bond donors (Lipinski definition) is 2. The first-order chi connectivity index (χ1) is 7.79. The fraction of sp³-hybridized carbons (Fsp3) is 0.364. The Morgan fingerprint density at radius 1 is 1.35 bits per heavy atom. The minimum atomic E-state index is -2.98. The zero-order valence-corrected chi connectivity index (χ0v) is 10.3. The second-order valence-electron chi connectivity index (χ2n) is 3.94. The van der Waals surface area contributed by atoms with Gasteiger partial charge in [-0.2, -0.15) is 0 Å². The Bertz CT molecular complexity index is 493. The first-order valence-electron chi connectivity index (χ1n) is 5.04. The SMILES string of the molecule is CS(=O)(=O)CCc1ccc(C(N)C(=O)O)cc1. The number of aryl methyl sites for hydroxylation is 1. The van der Waals surface area contributed by atoms with Crippen molar-refractivity contribution in [2.24, 2.45) is 5.73 Å². The number of aliphatic carboxylic acids is 1. The van der Waals surface area contributed by atoms with Gasteiger partial charge < -0.3 is 10.8 Å². The highest BCUT2D eigenvalue weighted by Crippen LogP contribution is 2.12. The molecule has 0 aliphatic rings. The van der Waals surface area contributed by atoms with E-state index in [1.807, 2.05) is 0 Å². The summed E-state index contributed by atoms with van der Waals surface area (Å²) < 4.78 is 21.9. The molecule has 0 saturated carbocycles. The average molecular weight is 257 g/mol. The molecule has 17 heavy (non-hydrogen) atoms. The van der Waals surface area contributed by atoms with E-state index in [1.165, 1.54) is 6.26 Å². The number of carboxylic acid groups (broad SMARTS) is 1. The van der Waals surface area contributed by atoms with Gasteiger partial charge in [0.2, 0.25) is 0 Å². The topological polar surface area (TPSA) is 97.5 Å². The highest BCUT2D eigenvalue weighted by atomic mass is 32.2. The van der Waals surface area contributed by atoms with Crippen LogP contribution in [0, 0.1) is 0 Å². The molecule has 0 fully saturated rings. The van der Waals surface area contributed by atoms with Crippen LogP contribution in [-0.4, -0.2) is 31.5 Å². The number of hydrogen-bond acceptors (Lipinski definition) is 4. The highest BCUT2D eigenvalue weighted by molar-refractivity contribution is 7.90. The molecular formula is C11H15NO4S. The van der Waals surface area contributed by atoms with Crippen molar-refractivity contribution >= 4 is 15.8 Å². The third kappa shape index (κ3) is 4.54. The van der Waals surface area contributed by atoms with Crippen molar-refractivity contribution < 1.29 is 18.3 Å². The molecule has 5 nitrogen and oxygen atoms in total. The molecule has 0 aliphatic carbocycles. The molecular weight excluding hydrogens is 242 g/mol. The van der Waals surface area contributed by atoms with Crippen LogP contribution in [0.25, 0.3) is 0 Å². The first kappa shape index (κ1) is 13.7. The van der Waals surface area contributed by atoms with E-state index in [0.717, 1.165) is 5.56 Å². The Kier molecular flexibility index (Phi) is 4.25. The second kappa shape index (κ2) is 5.29. The molecule has 6 heteroatoms. The third-order valence-electron chi connectivity index (χ3n) is 2.37. The lowest BCUT2D eigenvalue weighted by molar-refractivity contribution is -0.138. The smallest absolute Gasteiger partial charge is 0.325 e. The molecule has 3 N–H and O–H groups in total. The van der Waals surface area contributed by atoms with Crippen LogP contribution in [0.15, 0.2) is 24.3 Å². The van der Waals surface area contributed by atoms with Crippen LogP contribution in [0.3, 0.4) is 0 Å². The van der Waals surface area contributed by atoms with Crippen LogP contribution in [0.2, 0.25) is 0 Å². The van der Waals surface area contributed by atoms with Crippen molar-refractivity contribution in [3.63, 3.8) is 0 Å². The molecule has 0 bridgehead atoms. The molecule has 1 atom stereocenters. The maximum Gasteiger partial charge on any atom is 0.325 e. The van der Waals surface area contributed by atoms with Crippen LogP contribution in [-0.2, 0) is 21.1 Å². The lowest BCUT2D eigenvalue weighted by Crippen LogP contribution is -2.20. The van der Waals surface area contributed by atoms with Crippen LogP contribution in [0.4, 0.5) is 0 Å². The minimum Gasteiger partial charge on any atom is -0.480 e. The Morgan fingerprint density at radius 2 is 1.88 bits per heavy atom. The maximum absolute atomic E-state index is 11.0. The van der Waals surface area contributed by atoms with Crippen LogP contribution >= 0.6 is 0 Å². The molecule has 1 unspecified atom stereocenters. The lowest BCUT2D eigenvalue weighted by atomic mass is 10.0. The van der Waals surface area contributed by atoms with E-state index in [1.54, 1.807) is 24.3 Å². The highest BCUT2D eigenvalue weighted by Gasteiger charge is 2.13. The van der Waals surface area contributed by atoms with Gasteiger partial charge in [0.1, 0.15) is 15.9 Å². The largest absolute Gasteiger partial charge is 0.480 e. The average Bonchev–Trinajstić information content (AvgIpc) is 2.25. The Hall–Kier alpha value is -1.40. The Labute approximate surface area is 100 Å². The molecule has 0 radical (unpaired) electrons. The van der Waals surface area contributed by atoms with E-state index in [-0.39, 0.29) is 5.75 Å². The van der Waals surface area contributed by atoms with Crippen LogP contribution in [0.5, 0.6) is 0 Å². The summed E-state index contributed by atoms with van der Waals surface area (Å²) in [5, 5.41) is 8.71. The molecule has 0 amide bonds. The number of rotatable bonds is 5. The van der Waals surface area contributed by atoms with Crippen molar-refractivity contribution in [3.05, 3.63) is 35.4 Å². The monoisotopic (exact) mass is 257 g/mol. The van der Waals surface area contributed by atoms with E-state index in [9.17, 15) is 13.2 Å². The van der Waals surface area contributed by atoms with E-state index in [2.05, 4.69) is 0 Å². The quantitative estimate of drug-likeness (QED) is 0.793. The predicted molar refractivity (Wildman–Crippen MR) is 64.4 cm³/mol. The molecule has 0 saturated heterocycles. The number of nitrogens with two attached hydrogens (primary N) is 1. The van der Waals surface area contributed by atoms with Gasteiger partial charge in [-0.05, 0) is 17.5 Å². The summed E-state index contributed by atoms with van der Waals surface area (Å²) in [4.78, 5) is 10.6. The van der Waals surface area contributed by atoms with E-state index in [0.29, 0.717) is 12.0 Å². The number of carbonyl (C=O) groups is 1. The Morgan fingerprint density at radius 3 is 2.29 bits per heavy atom. The van der Waals surface area contributed by atoms with Gasteiger partial charge in [-0.25, -0.2) is 8.42 Å². The standard InChI is InChI=1S/C11H15NO4S/c1-17(15,16)7-6-8-2-4-9(5-3-8)10(12)11(13)14/h2-5,10H,6-7,12H2,1H3,(H,13,14). The van der Waals surface area contributed by atoms with Gasteiger partial charge in [0.25, 0.3) is 0 Å². The van der Waals surface area contributed by atoms with E-state index < -0.39 is 21.8 Å². The number of benzene rings is 1. The maximum atomic E-state index is 11.0. The van der Waals surface area contributed by atoms with Gasteiger partial charge in [0, 0.05) is 6.26 Å². The normalized spacial score (nSPS) is 13.3.